The minimum absolute atomic E-state index is 0.364. The third kappa shape index (κ3) is 3.97. The van der Waals surface area contributed by atoms with Gasteiger partial charge in [0.25, 0.3) is 5.91 Å². The molecule has 0 radical (unpaired) electrons. The zero-order valence-electron chi connectivity index (χ0n) is 14.8. The predicted octanol–water partition coefficient (Wildman–Crippen LogP) is 4.54. The number of amides is 1. The van der Waals surface area contributed by atoms with Crippen molar-refractivity contribution in [1.29, 1.82) is 0 Å². The van der Waals surface area contributed by atoms with Gasteiger partial charge in [-0.3, -0.25) is 4.79 Å². The van der Waals surface area contributed by atoms with E-state index in [0.717, 1.165) is 16.9 Å². The topological polar surface area (TPSA) is 47.2 Å². The largest absolute Gasteiger partial charge is 0.328 e. The van der Waals surface area contributed by atoms with Crippen LogP contribution in [0.3, 0.4) is 0 Å². The average molecular weight is 389 g/mol. The summed E-state index contributed by atoms with van der Waals surface area (Å²) >= 11 is 1.13. The molecule has 4 nitrogen and oxygen atoms in total. The Morgan fingerprint density at radius 1 is 1.00 bits per heavy atom. The number of carbonyl (C=O) groups is 1. The molecule has 138 valence electrons. The molecule has 0 spiro atoms. The number of hydrogen-bond acceptors (Lipinski definition) is 3. The van der Waals surface area contributed by atoms with Gasteiger partial charge >= 0.3 is 0 Å². The van der Waals surface area contributed by atoms with Crippen molar-refractivity contribution in [3.63, 3.8) is 0 Å². The predicted molar refractivity (Wildman–Crippen MR) is 107 cm³/mol. The van der Waals surface area contributed by atoms with Crippen LogP contribution in [0.15, 0.2) is 90.2 Å². The number of benzene rings is 2. The summed E-state index contributed by atoms with van der Waals surface area (Å²) in [5.41, 5.74) is 2.05. The Balaban J connectivity index is 1.64. The fraction of sp³-hybridized carbons (Fsp3) is 0.0455. The van der Waals surface area contributed by atoms with Crippen molar-refractivity contribution < 1.29 is 9.18 Å². The van der Waals surface area contributed by atoms with Gasteiger partial charge in [-0.1, -0.05) is 48.5 Å². The molecule has 0 fully saturated rings. The molecule has 0 unspecified atom stereocenters. The van der Waals surface area contributed by atoms with E-state index in [4.69, 9.17) is 0 Å². The van der Waals surface area contributed by atoms with Gasteiger partial charge in [0.2, 0.25) is 0 Å². The summed E-state index contributed by atoms with van der Waals surface area (Å²) in [5.74, 6) is -0.760. The first-order valence-electron chi connectivity index (χ1n) is 8.70. The Hall–Kier alpha value is -3.38. The second-order valence-corrected chi connectivity index (χ2v) is 7.13. The molecular weight excluding hydrogens is 373 g/mol. The minimum Gasteiger partial charge on any atom is -0.328 e. The maximum absolute atomic E-state index is 13.9. The molecule has 0 saturated carbocycles. The highest BCUT2D eigenvalue weighted by Gasteiger charge is 2.13. The van der Waals surface area contributed by atoms with E-state index in [-0.39, 0.29) is 5.82 Å². The molecule has 0 N–H and O–H groups in total. The van der Waals surface area contributed by atoms with Crippen LogP contribution in [0, 0.1) is 5.82 Å². The molecule has 0 saturated heterocycles. The van der Waals surface area contributed by atoms with Gasteiger partial charge in [-0.05, 0) is 29.8 Å². The van der Waals surface area contributed by atoms with E-state index >= 15 is 0 Å². The molecule has 4 rings (SSSR count). The second kappa shape index (κ2) is 8.10. The molecule has 6 heteroatoms. The summed E-state index contributed by atoms with van der Waals surface area (Å²) in [5, 5.41) is 0.460. The third-order valence-corrected chi connectivity index (χ3v) is 5.17. The summed E-state index contributed by atoms with van der Waals surface area (Å²) in [4.78, 5) is 21.5. The summed E-state index contributed by atoms with van der Waals surface area (Å²) in [6, 6.07) is 21.9. The molecule has 0 aliphatic carbocycles. The van der Waals surface area contributed by atoms with Gasteiger partial charge in [0.1, 0.15) is 21.2 Å². The fourth-order valence-corrected chi connectivity index (χ4v) is 3.60. The van der Waals surface area contributed by atoms with E-state index in [1.807, 2.05) is 53.2 Å². The van der Waals surface area contributed by atoms with Gasteiger partial charge in [0, 0.05) is 18.3 Å². The van der Waals surface area contributed by atoms with Crippen LogP contribution in [0.1, 0.15) is 15.2 Å². The molecule has 4 aromatic rings. The van der Waals surface area contributed by atoms with Crippen LogP contribution in [0.5, 0.6) is 0 Å². The van der Waals surface area contributed by atoms with Crippen molar-refractivity contribution in [1.82, 2.24) is 9.55 Å². The van der Waals surface area contributed by atoms with Crippen molar-refractivity contribution in [3.8, 4) is 10.6 Å². The number of pyridine rings is 1. The van der Waals surface area contributed by atoms with E-state index < -0.39 is 5.91 Å². The number of thiazole rings is 1. The number of halogens is 1. The average Bonchev–Trinajstić information content (AvgIpc) is 3.21. The second-order valence-electron chi connectivity index (χ2n) is 6.10. The number of carbonyl (C=O) groups excluding carboxylic acids is 1. The first-order valence-corrected chi connectivity index (χ1v) is 9.51. The minimum atomic E-state index is -0.395. The lowest BCUT2D eigenvalue weighted by Crippen LogP contribution is -2.21. The van der Waals surface area contributed by atoms with Crippen LogP contribution in [0.25, 0.3) is 10.6 Å². The molecule has 0 bridgehead atoms. The summed E-state index contributed by atoms with van der Waals surface area (Å²) < 4.78 is 15.9. The lowest BCUT2D eigenvalue weighted by atomic mass is 10.2. The van der Waals surface area contributed by atoms with Crippen molar-refractivity contribution in [2.75, 3.05) is 0 Å². The van der Waals surface area contributed by atoms with Crippen LogP contribution < -0.4 is 5.49 Å². The smallest absolute Gasteiger partial charge is 0.290 e. The highest BCUT2D eigenvalue weighted by atomic mass is 32.1. The lowest BCUT2D eigenvalue weighted by Gasteiger charge is -2.07. The number of aromatic nitrogens is 2. The number of rotatable bonds is 4. The van der Waals surface area contributed by atoms with Gasteiger partial charge in [-0.15, -0.1) is 11.3 Å². The highest BCUT2D eigenvalue weighted by molar-refractivity contribution is 7.16. The fourth-order valence-electron chi connectivity index (χ4n) is 2.77. The van der Waals surface area contributed by atoms with E-state index in [1.54, 1.807) is 24.3 Å². The molecule has 2 aromatic carbocycles. The zero-order valence-corrected chi connectivity index (χ0v) is 15.6. The molecule has 0 atom stereocenters. The maximum atomic E-state index is 13.9. The Bertz CT molecular complexity index is 1180. The zero-order chi connectivity index (χ0) is 19.3. The third-order valence-electron chi connectivity index (χ3n) is 4.15. The number of nitrogens with zero attached hydrogens (tertiary/aromatic N) is 3. The summed E-state index contributed by atoms with van der Waals surface area (Å²) in [7, 11) is 0. The van der Waals surface area contributed by atoms with Crippen LogP contribution in [-0.4, -0.2) is 15.5 Å². The van der Waals surface area contributed by atoms with E-state index in [0.29, 0.717) is 27.5 Å². The summed E-state index contributed by atoms with van der Waals surface area (Å²) in [6.45, 7) is 0.608. The monoisotopic (exact) mass is 389 g/mol. The Labute approximate surface area is 165 Å². The standard InChI is InChI=1S/C22H16FN3OS/c23-18-11-5-4-10-17(18)22-24-14-19(28-22)21(27)25-20-12-6-7-13-26(20)15-16-8-2-1-3-9-16/h1-14H,15H2. The normalized spacial score (nSPS) is 11.5. The Kier molecular flexibility index (Phi) is 5.21. The molecule has 28 heavy (non-hydrogen) atoms. The molecule has 2 heterocycles. The molecule has 1 amide bonds. The molecular formula is C22H16FN3OS. The quantitative estimate of drug-likeness (QED) is 0.514. The molecule has 0 aliphatic rings. The van der Waals surface area contributed by atoms with Gasteiger partial charge in [-0.25, -0.2) is 9.37 Å². The van der Waals surface area contributed by atoms with Gasteiger partial charge < -0.3 is 4.57 Å². The van der Waals surface area contributed by atoms with Gasteiger partial charge in [-0.2, -0.15) is 4.99 Å². The molecule has 2 aromatic heterocycles. The van der Waals surface area contributed by atoms with Crippen LogP contribution in [0.2, 0.25) is 0 Å². The Morgan fingerprint density at radius 3 is 2.57 bits per heavy atom. The SMILES string of the molecule is O=C(N=c1ccccn1Cc1ccccc1)c1cnc(-c2ccccc2F)s1. The van der Waals surface area contributed by atoms with Crippen molar-refractivity contribution in [2.45, 2.75) is 6.54 Å². The highest BCUT2D eigenvalue weighted by Crippen LogP contribution is 2.27. The first kappa shape index (κ1) is 18.0. The first-order chi connectivity index (χ1) is 13.7. The van der Waals surface area contributed by atoms with E-state index in [1.165, 1.54) is 12.3 Å². The summed E-state index contributed by atoms with van der Waals surface area (Å²) in [6.07, 6.45) is 3.33. The maximum Gasteiger partial charge on any atom is 0.290 e. The number of hydrogen-bond donors (Lipinski definition) is 0. The van der Waals surface area contributed by atoms with Gasteiger partial charge in [0.15, 0.2) is 0 Å². The van der Waals surface area contributed by atoms with Gasteiger partial charge in [0.05, 0.1) is 6.20 Å². The van der Waals surface area contributed by atoms with E-state index in [9.17, 15) is 9.18 Å². The van der Waals surface area contributed by atoms with Crippen LogP contribution >= 0.6 is 11.3 Å². The molecule has 0 aliphatic heterocycles. The van der Waals surface area contributed by atoms with Crippen molar-refractivity contribution >= 4 is 17.2 Å². The van der Waals surface area contributed by atoms with Crippen molar-refractivity contribution in [2.24, 2.45) is 4.99 Å². The van der Waals surface area contributed by atoms with Crippen LogP contribution in [0.4, 0.5) is 4.39 Å². The van der Waals surface area contributed by atoms with Crippen LogP contribution in [-0.2, 0) is 6.54 Å². The van der Waals surface area contributed by atoms with Crippen molar-refractivity contribution in [3.05, 3.63) is 107 Å². The lowest BCUT2D eigenvalue weighted by molar-refractivity contribution is 0.100. The van der Waals surface area contributed by atoms with E-state index in [2.05, 4.69) is 9.98 Å². The Morgan fingerprint density at radius 2 is 1.75 bits per heavy atom.